The van der Waals surface area contributed by atoms with Gasteiger partial charge in [-0.05, 0) is 11.6 Å². The van der Waals surface area contributed by atoms with Crippen molar-refractivity contribution in [3.63, 3.8) is 0 Å². The summed E-state index contributed by atoms with van der Waals surface area (Å²) < 4.78 is 31.9. The summed E-state index contributed by atoms with van der Waals surface area (Å²) in [7, 11) is 1.48. The van der Waals surface area contributed by atoms with Gasteiger partial charge in [-0.3, -0.25) is 0 Å². The molecular formula is C12H16F2N2O2. The molecule has 4 nitrogen and oxygen atoms in total. The third-order valence-electron chi connectivity index (χ3n) is 2.88. The Balaban J connectivity index is 2.26. The highest BCUT2D eigenvalue weighted by Gasteiger charge is 2.17. The first-order chi connectivity index (χ1) is 8.72. The number of nitrogens with zero attached hydrogens (tertiary/aromatic N) is 1. The molecule has 1 aliphatic rings. The molecule has 2 rings (SSSR count). The van der Waals surface area contributed by atoms with Crippen LogP contribution in [0.15, 0.2) is 12.1 Å². The monoisotopic (exact) mass is 258 g/mol. The van der Waals surface area contributed by atoms with Crippen LogP contribution in [0.2, 0.25) is 0 Å². The number of ether oxygens (including phenoxy) is 1. The minimum Gasteiger partial charge on any atom is -0.378 e. The molecule has 6 heteroatoms. The Morgan fingerprint density at radius 3 is 2.61 bits per heavy atom. The molecule has 1 saturated heterocycles. The predicted molar refractivity (Wildman–Crippen MR) is 63.2 cm³/mol. The average Bonchev–Trinajstić information content (AvgIpc) is 2.40. The van der Waals surface area contributed by atoms with E-state index in [1.54, 1.807) is 0 Å². The van der Waals surface area contributed by atoms with E-state index in [0.29, 0.717) is 44.1 Å². The molecule has 18 heavy (non-hydrogen) atoms. The van der Waals surface area contributed by atoms with Crippen LogP contribution in [0.1, 0.15) is 5.56 Å². The second kappa shape index (κ2) is 6.08. The molecule has 0 amide bonds. The van der Waals surface area contributed by atoms with E-state index in [1.807, 2.05) is 4.90 Å². The van der Waals surface area contributed by atoms with E-state index >= 15 is 0 Å². The Labute approximate surface area is 104 Å². The molecular weight excluding hydrogens is 242 g/mol. The Bertz CT molecular complexity index is 409. The Morgan fingerprint density at radius 2 is 1.94 bits per heavy atom. The maximum Gasteiger partial charge on any atom is 0.160 e. The first-order valence-corrected chi connectivity index (χ1v) is 5.79. The van der Waals surface area contributed by atoms with Crippen molar-refractivity contribution >= 4 is 5.69 Å². The molecule has 1 N–H and O–H groups in total. The number of rotatable bonds is 4. The van der Waals surface area contributed by atoms with Crippen molar-refractivity contribution < 1.29 is 18.4 Å². The summed E-state index contributed by atoms with van der Waals surface area (Å²) in [6.07, 6.45) is 0. The van der Waals surface area contributed by atoms with Crippen LogP contribution >= 0.6 is 0 Å². The third-order valence-corrected chi connectivity index (χ3v) is 2.88. The van der Waals surface area contributed by atoms with Gasteiger partial charge in [-0.1, -0.05) is 0 Å². The van der Waals surface area contributed by atoms with E-state index < -0.39 is 11.6 Å². The lowest BCUT2D eigenvalue weighted by molar-refractivity contribution is 0.0865. The van der Waals surface area contributed by atoms with Gasteiger partial charge in [0.15, 0.2) is 11.6 Å². The molecule has 1 aliphatic heterocycles. The second-order valence-corrected chi connectivity index (χ2v) is 4.02. The van der Waals surface area contributed by atoms with E-state index in [9.17, 15) is 8.78 Å². The smallest absolute Gasteiger partial charge is 0.160 e. The number of hydrogen-bond acceptors (Lipinski definition) is 4. The maximum atomic E-state index is 13.4. The standard InChI is InChI=1S/C12H16F2N2O2/c1-17-15-8-9-6-10(13)11(14)7-12(9)16-2-4-18-5-3-16/h6-7,15H,2-5,8H2,1H3. The average molecular weight is 258 g/mol. The van der Waals surface area contributed by atoms with Gasteiger partial charge in [-0.15, -0.1) is 0 Å². The molecule has 0 saturated carbocycles. The van der Waals surface area contributed by atoms with E-state index in [1.165, 1.54) is 19.2 Å². The summed E-state index contributed by atoms with van der Waals surface area (Å²) in [6, 6.07) is 2.43. The molecule has 0 bridgehead atoms. The summed E-state index contributed by atoms with van der Waals surface area (Å²) in [6.45, 7) is 2.85. The topological polar surface area (TPSA) is 33.7 Å². The van der Waals surface area contributed by atoms with E-state index in [-0.39, 0.29) is 0 Å². The molecule has 0 aliphatic carbocycles. The van der Waals surface area contributed by atoms with Gasteiger partial charge in [-0.2, -0.15) is 5.48 Å². The van der Waals surface area contributed by atoms with Crippen molar-refractivity contribution in [1.29, 1.82) is 0 Å². The Morgan fingerprint density at radius 1 is 1.28 bits per heavy atom. The quantitative estimate of drug-likeness (QED) is 0.829. The van der Waals surface area contributed by atoms with Crippen LogP contribution in [-0.2, 0) is 16.1 Å². The highest BCUT2D eigenvalue weighted by molar-refractivity contribution is 5.54. The van der Waals surface area contributed by atoms with E-state index in [4.69, 9.17) is 9.57 Å². The lowest BCUT2D eigenvalue weighted by atomic mass is 10.1. The minimum atomic E-state index is -0.847. The summed E-state index contributed by atoms with van der Waals surface area (Å²) in [5.41, 5.74) is 3.99. The van der Waals surface area contributed by atoms with Gasteiger partial charge >= 0.3 is 0 Å². The first kappa shape index (κ1) is 13.2. The molecule has 1 heterocycles. The van der Waals surface area contributed by atoms with Crippen LogP contribution in [0.3, 0.4) is 0 Å². The highest BCUT2D eigenvalue weighted by Crippen LogP contribution is 2.25. The summed E-state index contributed by atoms with van der Waals surface area (Å²) in [5, 5.41) is 0. The number of benzene rings is 1. The highest BCUT2D eigenvalue weighted by atomic mass is 19.2. The van der Waals surface area contributed by atoms with Gasteiger partial charge in [0.2, 0.25) is 0 Å². The number of halogens is 2. The van der Waals surface area contributed by atoms with Crippen LogP contribution in [0.25, 0.3) is 0 Å². The van der Waals surface area contributed by atoms with Crippen molar-refractivity contribution in [2.45, 2.75) is 6.54 Å². The predicted octanol–water partition coefficient (Wildman–Crippen LogP) is 1.45. The first-order valence-electron chi connectivity index (χ1n) is 5.79. The molecule has 0 aromatic heterocycles. The zero-order chi connectivity index (χ0) is 13.0. The van der Waals surface area contributed by atoms with E-state index in [2.05, 4.69) is 5.48 Å². The number of anilines is 1. The Hall–Kier alpha value is -1.24. The van der Waals surface area contributed by atoms with Gasteiger partial charge in [-0.25, -0.2) is 8.78 Å². The second-order valence-electron chi connectivity index (χ2n) is 4.02. The normalized spacial score (nSPS) is 16.1. The third kappa shape index (κ3) is 2.95. The van der Waals surface area contributed by atoms with Gasteiger partial charge in [0.05, 0.1) is 20.3 Å². The van der Waals surface area contributed by atoms with Gasteiger partial charge < -0.3 is 14.5 Å². The number of hydrogen-bond donors (Lipinski definition) is 1. The van der Waals surface area contributed by atoms with Crippen LogP contribution in [0.5, 0.6) is 0 Å². The van der Waals surface area contributed by atoms with E-state index in [0.717, 1.165) is 0 Å². The molecule has 100 valence electrons. The minimum absolute atomic E-state index is 0.320. The molecule has 0 atom stereocenters. The number of hydroxylamine groups is 1. The molecule has 0 unspecified atom stereocenters. The Kier molecular flexibility index (Phi) is 4.46. The fourth-order valence-corrected chi connectivity index (χ4v) is 1.97. The SMILES string of the molecule is CONCc1cc(F)c(F)cc1N1CCOCC1. The van der Waals surface area contributed by atoms with Gasteiger partial charge in [0.25, 0.3) is 0 Å². The van der Waals surface area contributed by atoms with Crippen LogP contribution in [0, 0.1) is 11.6 Å². The van der Waals surface area contributed by atoms with Gasteiger partial charge in [0.1, 0.15) is 0 Å². The summed E-state index contributed by atoms with van der Waals surface area (Å²) in [4.78, 5) is 6.73. The van der Waals surface area contributed by atoms with Crippen LogP contribution < -0.4 is 10.4 Å². The fraction of sp³-hybridized carbons (Fsp3) is 0.500. The van der Waals surface area contributed by atoms with Crippen molar-refractivity contribution in [1.82, 2.24) is 5.48 Å². The number of nitrogens with one attached hydrogen (secondary N) is 1. The maximum absolute atomic E-state index is 13.4. The number of morpholine rings is 1. The lowest BCUT2D eigenvalue weighted by Crippen LogP contribution is -2.37. The molecule has 0 radical (unpaired) electrons. The molecule has 1 aromatic rings. The van der Waals surface area contributed by atoms with Crippen LogP contribution in [0.4, 0.5) is 14.5 Å². The van der Waals surface area contributed by atoms with Crippen molar-refractivity contribution in [3.05, 3.63) is 29.3 Å². The lowest BCUT2D eigenvalue weighted by Gasteiger charge is -2.30. The van der Waals surface area contributed by atoms with Crippen molar-refractivity contribution in [3.8, 4) is 0 Å². The van der Waals surface area contributed by atoms with Crippen LogP contribution in [-0.4, -0.2) is 33.4 Å². The zero-order valence-corrected chi connectivity index (χ0v) is 10.2. The van der Waals surface area contributed by atoms with Crippen molar-refractivity contribution in [2.75, 3.05) is 38.3 Å². The molecule has 1 fully saturated rings. The fourth-order valence-electron chi connectivity index (χ4n) is 1.97. The largest absolute Gasteiger partial charge is 0.378 e. The van der Waals surface area contributed by atoms with Crippen molar-refractivity contribution in [2.24, 2.45) is 0 Å². The zero-order valence-electron chi connectivity index (χ0n) is 10.2. The summed E-state index contributed by atoms with van der Waals surface area (Å²) in [5.74, 6) is -1.68. The van der Waals surface area contributed by atoms with Gasteiger partial charge in [0, 0.05) is 31.4 Å². The molecule has 0 spiro atoms. The summed E-state index contributed by atoms with van der Waals surface area (Å²) >= 11 is 0. The molecule has 1 aromatic carbocycles.